The number of nitrogens with one attached hydrogen (secondary N) is 1. The third-order valence-corrected chi connectivity index (χ3v) is 5.97. The lowest BCUT2D eigenvalue weighted by atomic mass is 10.1. The minimum Gasteiger partial charge on any atom is -0.497 e. The van der Waals surface area contributed by atoms with Gasteiger partial charge < -0.3 is 25.4 Å². The highest BCUT2D eigenvalue weighted by molar-refractivity contribution is 5.95. The first kappa shape index (κ1) is 21.4. The smallest absolute Gasteiger partial charge is 0.121 e. The van der Waals surface area contributed by atoms with Gasteiger partial charge >= 0.3 is 0 Å². The summed E-state index contributed by atoms with van der Waals surface area (Å²) in [6, 6.07) is 16.5. The van der Waals surface area contributed by atoms with Gasteiger partial charge in [0.15, 0.2) is 0 Å². The van der Waals surface area contributed by atoms with E-state index >= 15 is 0 Å². The number of hydrogen-bond donors (Lipinski definition) is 2. The lowest BCUT2D eigenvalue weighted by molar-refractivity contribution is 0.318. The Kier molecular flexibility index (Phi) is 6.89. The van der Waals surface area contributed by atoms with Crippen LogP contribution in [-0.2, 0) is 0 Å². The Labute approximate surface area is 184 Å². The monoisotopic (exact) mass is 420 g/mol. The van der Waals surface area contributed by atoms with Crippen LogP contribution < -0.4 is 25.4 Å². The Morgan fingerprint density at radius 1 is 1.13 bits per heavy atom. The maximum Gasteiger partial charge on any atom is 0.121 e. The molecular formula is C25H32N4O2. The molecule has 1 aromatic heterocycles. The van der Waals surface area contributed by atoms with Crippen LogP contribution in [0.1, 0.15) is 12.8 Å². The number of nitrogens with two attached hydrogens (primary N) is 1. The molecule has 31 heavy (non-hydrogen) atoms. The Morgan fingerprint density at radius 3 is 2.68 bits per heavy atom. The summed E-state index contributed by atoms with van der Waals surface area (Å²) in [7, 11) is 3.61. The zero-order valence-electron chi connectivity index (χ0n) is 18.4. The van der Waals surface area contributed by atoms with Crippen molar-refractivity contribution in [2.75, 3.05) is 51.8 Å². The van der Waals surface area contributed by atoms with Crippen molar-refractivity contribution in [3.63, 3.8) is 0 Å². The minimum atomic E-state index is 0.646. The van der Waals surface area contributed by atoms with E-state index in [1.54, 1.807) is 7.11 Å². The average molecular weight is 421 g/mol. The van der Waals surface area contributed by atoms with E-state index in [4.69, 9.17) is 20.2 Å². The van der Waals surface area contributed by atoms with Gasteiger partial charge in [-0.15, -0.1) is 0 Å². The van der Waals surface area contributed by atoms with Crippen molar-refractivity contribution in [1.29, 1.82) is 0 Å². The second kappa shape index (κ2) is 9.98. The number of rotatable bonds is 9. The number of aromatic nitrogens is 1. The van der Waals surface area contributed by atoms with E-state index in [2.05, 4.69) is 34.5 Å². The summed E-state index contributed by atoms with van der Waals surface area (Å²) in [5.41, 5.74) is 10.0. The number of anilines is 1. The maximum atomic E-state index is 5.81. The van der Waals surface area contributed by atoms with E-state index < -0.39 is 0 Å². The molecule has 2 aromatic carbocycles. The Hall–Kier alpha value is -2.83. The van der Waals surface area contributed by atoms with E-state index in [1.165, 1.54) is 12.1 Å². The largest absolute Gasteiger partial charge is 0.497 e. The summed E-state index contributed by atoms with van der Waals surface area (Å²) in [5, 5.41) is 4.25. The molecule has 0 radical (unpaired) electrons. The van der Waals surface area contributed by atoms with Gasteiger partial charge in [-0.1, -0.05) is 0 Å². The van der Waals surface area contributed by atoms with Gasteiger partial charge in [-0.05, 0) is 74.8 Å². The number of methoxy groups -OCH3 is 1. The van der Waals surface area contributed by atoms with Gasteiger partial charge in [0, 0.05) is 42.3 Å². The van der Waals surface area contributed by atoms with Gasteiger partial charge in [-0.2, -0.15) is 0 Å². The lowest BCUT2D eigenvalue weighted by Gasteiger charge is -2.22. The first-order chi connectivity index (χ1) is 15.2. The molecule has 0 amide bonds. The van der Waals surface area contributed by atoms with Crippen LogP contribution in [-0.4, -0.2) is 51.9 Å². The van der Waals surface area contributed by atoms with Crippen LogP contribution in [0.4, 0.5) is 5.69 Å². The molecule has 0 saturated carbocycles. The first-order valence-corrected chi connectivity index (χ1v) is 11.0. The number of nitrogens with zero attached hydrogens (tertiary/aromatic N) is 2. The number of likely N-dealkylation sites (N-methyl/N-ethyl adjacent to an activating group) is 1. The van der Waals surface area contributed by atoms with E-state index in [9.17, 15) is 0 Å². The second-order valence-corrected chi connectivity index (χ2v) is 8.06. The summed E-state index contributed by atoms with van der Waals surface area (Å²) in [5.74, 6) is 2.34. The van der Waals surface area contributed by atoms with Crippen LogP contribution in [0.25, 0.3) is 22.2 Å². The molecule has 0 spiro atoms. The second-order valence-electron chi connectivity index (χ2n) is 8.06. The summed E-state index contributed by atoms with van der Waals surface area (Å²) >= 11 is 0. The molecule has 1 atom stereocenters. The molecule has 1 fully saturated rings. The normalized spacial score (nSPS) is 16.1. The highest BCUT2D eigenvalue weighted by atomic mass is 16.5. The Morgan fingerprint density at radius 2 is 1.94 bits per heavy atom. The number of ether oxygens (including phenoxy) is 2. The topological polar surface area (TPSA) is 72.6 Å². The van der Waals surface area contributed by atoms with Crippen LogP contribution in [0.15, 0.2) is 48.5 Å². The van der Waals surface area contributed by atoms with Gasteiger partial charge in [0.05, 0.1) is 18.3 Å². The molecule has 1 unspecified atom stereocenters. The fraction of sp³-hybridized carbons (Fsp3) is 0.400. The molecule has 0 bridgehead atoms. The number of pyridine rings is 1. The first-order valence-electron chi connectivity index (χ1n) is 11.0. The van der Waals surface area contributed by atoms with Crippen molar-refractivity contribution in [1.82, 2.24) is 10.3 Å². The van der Waals surface area contributed by atoms with Crippen LogP contribution in [0.3, 0.4) is 0 Å². The molecule has 1 aliphatic rings. The molecule has 6 nitrogen and oxygen atoms in total. The van der Waals surface area contributed by atoms with E-state index in [-0.39, 0.29) is 0 Å². The SMILES string of the molecule is CNCCOc1ccc(-c2cc(N3CCC(CCN)C3)c3ccc(OC)cc3n2)cc1. The molecule has 6 heteroatoms. The summed E-state index contributed by atoms with van der Waals surface area (Å²) in [6.07, 6.45) is 2.26. The van der Waals surface area contributed by atoms with Gasteiger partial charge in [0.1, 0.15) is 18.1 Å². The fourth-order valence-corrected chi connectivity index (χ4v) is 4.24. The molecule has 2 heterocycles. The predicted molar refractivity (Wildman–Crippen MR) is 127 cm³/mol. The minimum absolute atomic E-state index is 0.646. The number of fused-ring (bicyclic) bond motifs is 1. The van der Waals surface area contributed by atoms with Crippen molar-refractivity contribution in [3.05, 3.63) is 48.5 Å². The van der Waals surface area contributed by atoms with Gasteiger partial charge in [0.25, 0.3) is 0 Å². The van der Waals surface area contributed by atoms with Crippen molar-refractivity contribution >= 4 is 16.6 Å². The highest BCUT2D eigenvalue weighted by Crippen LogP contribution is 2.36. The Balaban J connectivity index is 1.68. The van der Waals surface area contributed by atoms with Crippen LogP contribution >= 0.6 is 0 Å². The standard InChI is InChI=1S/C25H32N4O2/c1-27-12-14-31-20-5-3-19(4-6-20)23-16-25(29-13-10-18(17-29)9-11-26)22-8-7-21(30-2)15-24(22)28-23/h3-8,15-16,18,27H,9-14,17,26H2,1-2H3. The summed E-state index contributed by atoms with van der Waals surface area (Å²) < 4.78 is 11.2. The van der Waals surface area contributed by atoms with E-state index in [0.29, 0.717) is 12.5 Å². The molecule has 3 aromatic rings. The van der Waals surface area contributed by atoms with Gasteiger partial charge in [0.2, 0.25) is 0 Å². The highest BCUT2D eigenvalue weighted by Gasteiger charge is 2.24. The van der Waals surface area contributed by atoms with Crippen molar-refractivity contribution in [2.24, 2.45) is 11.7 Å². The van der Waals surface area contributed by atoms with Gasteiger partial charge in [-0.25, -0.2) is 4.98 Å². The zero-order valence-corrected chi connectivity index (χ0v) is 18.4. The maximum absolute atomic E-state index is 5.81. The Bertz CT molecular complexity index is 1010. The van der Waals surface area contributed by atoms with E-state index in [1.807, 2.05) is 31.3 Å². The van der Waals surface area contributed by atoms with E-state index in [0.717, 1.165) is 66.3 Å². The number of benzene rings is 2. The van der Waals surface area contributed by atoms with Crippen molar-refractivity contribution in [3.8, 4) is 22.8 Å². The molecule has 1 saturated heterocycles. The molecule has 164 valence electrons. The average Bonchev–Trinajstić information content (AvgIpc) is 3.27. The van der Waals surface area contributed by atoms with Crippen LogP contribution in [0, 0.1) is 5.92 Å². The third kappa shape index (κ3) is 4.92. The predicted octanol–water partition coefficient (Wildman–Crippen LogP) is 3.68. The lowest BCUT2D eigenvalue weighted by Crippen LogP contribution is -2.21. The summed E-state index contributed by atoms with van der Waals surface area (Å²) in [6.45, 7) is 4.31. The quantitative estimate of drug-likeness (QED) is 0.515. The number of hydrogen-bond acceptors (Lipinski definition) is 6. The third-order valence-electron chi connectivity index (χ3n) is 5.97. The molecule has 0 aliphatic carbocycles. The molecule has 4 rings (SSSR count). The van der Waals surface area contributed by atoms with Gasteiger partial charge in [-0.3, -0.25) is 0 Å². The van der Waals surface area contributed by atoms with Crippen LogP contribution in [0.5, 0.6) is 11.5 Å². The fourth-order valence-electron chi connectivity index (χ4n) is 4.24. The van der Waals surface area contributed by atoms with Crippen LogP contribution in [0.2, 0.25) is 0 Å². The summed E-state index contributed by atoms with van der Waals surface area (Å²) in [4.78, 5) is 7.45. The van der Waals surface area contributed by atoms with Crippen molar-refractivity contribution in [2.45, 2.75) is 12.8 Å². The molecular weight excluding hydrogens is 388 g/mol. The molecule has 1 aliphatic heterocycles. The molecule has 3 N–H and O–H groups in total. The van der Waals surface area contributed by atoms with Crippen molar-refractivity contribution < 1.29 is 9.47 Å². The zero-order chi connectivity index (χ0) is 21.6.